The summed E-state index contributed by atoms with van der Waals surface area (Å²) in [6, 6.07) is 6.92. The molecule has 1 aromatic carbocycles. The summed E-state index contributed by atoms with van der Waals surface area (Å²) in [5, 5.41) is 4.17. The molecule has 152 valence electrons. The van der Waals surface area contributed by atoms with Crippen LogP contribution in [-0.2, 0) is 10.0 Å². The Balaban J connectivity index is 1.51. The fourth-order valence-corrected chi connectivity index (χ4v) is 5.55. The topological polar surface area (TPSA) is 67.9 Å². The van der Waals surface area contributed by atoms with Crippen molar-refractivity contribution in [3.63, 3.8) is 0 Å². The molecular weight excluding hydrogens is 396 g/mol. The highest BCUT2D eigenvalue weighted by atomic mass is 32.2. The van der Waals surface area contributed by atoms with E-state index < -0.39 is 10.0 Å². The molecule has 4 rings (SSSR count). The van der Waals surface area contributed by atoms with Crippen LogP contribution >= 0.6 is 11.3 Å². The summed E-state index contributed by atoms with van der Waals surface area (Å²) >= 11 is 1.65. The molecule has 2 aliphatic rings. The van der Waals surface area contributed by atoms with Crippen molar-refractivity contribution in [2.45, 2.75) is 36.6 Å². The lowest BCUT2D eigenvalue weighted by atomic mass is 10.1. The van der Waals surface area contributed by atoms with Crippen molar-refractivity contribution in [3.05, 3.63) is 40.6 Å². The highest BCUT2D eigenvalue weighted by Gasteiger charge is 2.25. The molecule has 8 heteroatoms. The van der Waals surface area contributed by atoms with Gasteiger partial charge in [-0.15, -0.1) is 0 Å². The van der Waals surface area contributed by atoms with Crippen LogP contribution in [0.1, 0.15) is 37.3 Å². The van der Waals surface area contributed by atoms with Gasteiger partial charge in [-0.25, -0.2) is 13.1 Å². The first kappa shape index (κ1) is 19.7. The summed E-state index contributed by atoms with van der Waals surface area (Å²) in [5.41, 5.74) is 1.18. The number of ether oxygens (including phenoxy) is 2. The fraction of sp³-hybridized carbons (Fsp3) is 0.500. The number of hydrogen-bond acceptors (Lipinski definition) is 6. The van der Waals surface area contributed by atoms with Gasteiger partial charge in [0.2, 0.25) is 10.0 Å². The minimum Gasteiger partial charge on any atom is -0.486 e. The Morgan fingerprint density at radius 3 is 2.50 bits per heavy atom. The van der Waals surface area contributed by atoms with Gasteiger partial charge in [-0.05, 0) is 60.5 Å². The lowest BCUT2D eigenvalue weighted by Crippen LogP contribution is -2.38. The lowest BCUT2D eigenvalue weighted by Gasteiger charge is -2.30. The van der Waals surface area contributed by atoms with E-state index in [2.05, 4.69) is 26.4 Å². The molecule has 0 radical (unpaired) electrons. The Morgan fingerprint density at radius 1 is 1.04 bits per heavy atom. The number of hydrogen-bond donors (Lipinski definition) is 1. The van der Waals surface area contributed by atoms with Crippen molar-refractivity contribution in [2.75, 3.05) is 32.8 Å². The molecule has 2 aliphatic heterocycles. The smallest absolute Gasteiger partial charge is 0.240 e. The summed E-state index contributed by atoms with van der Waals surface area (Å²) in [6.45, 7) is 3.28. The molecule has 2 aromatic rings. The van der Waals surface area contributed by atoms with Crippen LogP contribution in [0.2, 0.25) is 0 Å². The number of nitrogens with one attached hydrogen (secondary N) is 1. The molecule has 0 spiro atoms. The van der Waals surface area contributed by atoms with Crippen LogP contribution < -0.4 is 14.2 Å². The molecule has 0 amide bonds. The van der Waals surface area contributed by atoms with Gasteiger partial charge in [0.1, 0.15) is 13.2 Å². The maximum Gasteiger partial charge on any atom is 0.240 e. The van der Waals surface area contributed by atoms with E-state index in [0.717, 1.165) is 25.9 Å². The number of fused-ring (bicyclic) bond motifs is 1. The van der Waals surface area contributed by atoms with E-state index in [-0.39, 0.29) is 10.9 Å². The van der Waals surface area contributed by atoms with Crippen molar-refractivity contribution in [3.8, 4) is 11.5 Å². The fourth-order valence-electron chi connectivity index (χ4n) is 3.79. The largest absolute Gasteiger partial charge is 0.486 e. The van der Waals surface area contributed by atoms with E-state index in [1.807, 2.05) is 0 Å². The van der Waals surface area contributed by atoms with Gasteiger partial charge in [-0.1, -0.05) is 12.8 Å². The predicted octanol–water partition coefficient (Wildman–Crippen LogP) is 3.41. The maximum absolute atomic E-state index is 12.9. The van der Waals surface area contributed by atoms with Crippen molar-refractivity contribution in [1.82, 2.24) is 9.62 Å². The first-order valence-electron chi connectivity index (χ1n) is 9.79. The highest BCUT2D eigenvalue weighted by Crippen LogP contribution is 2.32. The van der Waals surface area contributed by atoms with Gasteiger partial charge >= 0.3 is 0 Å². The third-order valence-corrected chi connectivity index (χ3v) is 7.42. The van der Waals surface area contributed by atoms with E-state index in [9.17, 15) is 8.42 Å². The number of rotatable bonds is 6. The standard InChI is InChI=1S/C20H26N2O4S2/c23-28(24,17-5-6-19-20(13-17)26-11-10-25-19)21-14-18(16-7-12-27-15-16)22-8-3-1-2-4-9-22/h5-7,12-13,15,18,21H,1-4,8-11,14H2/t18-/m1/s1. The zero-order valence-corrected chi connectivity index (χ0v) is 17.4. The predicted molar refractivity (Wildman–Crippen MR) is 110 cm³/mol. The van der Waals surface area contributed by atoms with Gasteiger partial charge in [0.15, 0.2) is 11.5 Å². The number of nitrogens with zero attached hydrogens (tertiary/aromatic N) is 1. The van der Waals surface area contributed by atoms with Crippen molar-refractivity contribution in [1.29, 1.82) is 0 Å². The van der Waals surface area contributed by atoms with Crippen LogP contribution in [0.3, 0.4) is 0 Å². The monoisotopic (exact) mass is 422 g/mol. The molecule has 1 saturated heterocycles. The number of thiophene rings is 1. The minimum absolute atomic E-state index is 0.0522. The van der Waals surface area contributed by atoms with Gasteiger partial charge in [-0.2, -0.15) is 11.3 Å². The van der Waals surface area contributed by atoms with E-state index in [1.54, 1.807) is 29.5 Å². The van der Waals surface area contributed by atoms with Crippen molar-refractivity contribution >= 4 is 21.4 Å². The zero-order valence-electron chi connectivity index (χ0n) is 15.8. The normalized spacial score (nSPS) is 19.1. The first-order chi connectivity index (χ1) is 13.6. The molecule has 1 fully saturated rings. The molecule has 6 nitrogen and oxygen atoms in total. The second-order valence-corrected chi connectivity index (χ2v) is 9.73. The molecule has 1 atom stereocenters. The third-order valence-electron chi connectivity index (χ3n) is 5.30. The molecule has 0 bridgehead atoms. The Kier molecular flexibility index (Phi) is 6.20. The molecule has 0 aliphatic carbocycles. The summed E-state index contributed by atoms with van der Waals surface area (Å²) < 4.78 is 39.7. The van der Waals surface area contributed by atoms with Gasteiger partial charge < -0.3 is 9.47 Å². The molecule has 0 saturated carbocycles. The molecular formula is C20H26N2O4S2. The van der Waals surface area contributed by atoms with Crippen LogP contribution in [0.5, 0.6) is 11.5 Å². The van der Waals surface area contributed by atoms with Crippen LogP contribution in [-0.4, -0.2) is 46.2 Å². The number of likely N-dealkylation sites (tertiary alicyclic amines) is 1. The summed E-state index contributed by atoms with van der Waals surface area (Å²) in [7, 11) is -3.64. The number of benzene rings is 1. The average Bonchev–Trinajstić information content (AvgIpc) is 3.10. The van der Waals surface area contributed by atoms with E-state index >= 15 is 0 Å². The van der Waals surface area contributed by atoms with E-state index in [0.29, 0.717) is 31.3 Å². The molecule has 3 heterocycles. The maximum atomic E-state index is 12.9. The second-order valence-electron chi connectivity index (χ2n) is 7.18. The molecule has 1 N–H and O–H groups in total. The van der Waals surface area contributed by atoms with Crippen molar-refractivity contribution in [2.24, 2.45) is 0 Å². The summed E-state index contributed by atoms with van der Waals surface area (Å²) in [6.07, 6.45) is 4.82. The molecule has 0 unspecified atom stereocenters. The minimum atomic E-state index is -3.64. The van der Waals surface area contributed by atoms with Crippen LogP contribution in [0.15, 0.2) is 39.9 Å². The lowest BCUT2D eigenvalue weighted by molar-refractivity contribution is 0.171. The third kappa shape index (κ3) is 4.51. The van der Waals surface area contributed by atoms with Crippen LogP contribution in [0.25, 0.3) is 0 Å². The van der Waals surface area contributed by atoms with E-state index in [1.165, 1.54) is 18.4 Å². The van der Waals surface area contributed by atoms with Crippen LogP contribution in [0, 0.1) is 0 Å². The molecule has 28 heavy (non-hydrogen) atoms. The SMILES string of the molecule is O=S(=O)(NC[C@H](c1ccsc1)N1CCCCCC1)c1ccc2c(c1)OCCO2. The Labute approximate surface area is 170 Å². The Bertz CT molecular complexity index is 876. The van der Waals surface area contributed by atoms with Gasteiger partial charge in [0.25, 0.3) is 0 Å². The molecule has 1 aromatic heterocycles. The van der Waals surface area contributed by atoms with Gasteiger partial charge in [-0.3, -0.25) is 4.90 Å². The quantitative estimate of drug-likeness (QED) is 0.773. The van der Waals surface area contributed by atoms with Gasteiger partial charge in [0.05, 0.1) is 4.90 Å². The zero-order chi connectivity index (χ0) is 19.4. The highest BCUT2D eigenvalue weighted by molar-refractivity contribution is 7.89. The second kappa shape index (κ2) is 8.82. The Morgan fingerprint density at radius 2 is 1.79 bits per heavy atom. The average molecular weight is 423 g/mol. The first-order valence-corrected chi connectivity index (χ1v) is 12.2. The Hall–Kier alpha value is -1.61. The summed E-state index contributed by atoms with van der Waals surface area (Å²) in [5.74, 6) is 1.07. The van der Waals surface area contributed by atoms with Gasteiger partial charge in [0, 0.05) is 18.7 Å². The number of sulfonamides is 1. The summed E-state index contributed by atoms with van der Waals surface area (Å²) in [4.78, 5) is 2.62. The van der Waals surface area contributed by atoms with Crippen LogP contribution in [0.4, 0.5) is 0 Å². The van der Waals surface area contributed by atoms with E-state index in [4.69, 9.17) is 9.47 Å². The van der Waals surface area contributed by atoms with Crippen molar-refractivity contribution < 1.29 is 17.9 Å².